The van der Waals surface area contributed by atoms with Crippen LogP contribution in [0.1, 0.15) is 0 Å². The number of aromatic nitrogens is 12. The minimum atomic E-state index is -1.58. The van der Waals surface area contributed by atoms with Gasteiger partial charge in [-0.3, -0.25) is 24.5 Å². The van der Waals surface area contributed by atoms with Crippen LogP contribution in [-0.2, 0) is 0 Å². The molecular formula is C118H84B4N12O8. The van der Waals surface area contributed by atoms with Gasteiger partial charge in [-0.2, -0.15) is 0 Å². The molecule has 11 aromatic heterocycles. The highest BCUT2D eigenvalue weighted by molar-refractivity contribution is 6.65. The maximum absolute atomic E-state index is 10.1. The van der Waals surface area contributed by atoms with Gasteiger partial charge >= 0.3 is 28.5 Å². The molecule has 0 saturated carbocycles. The minimum Gasteiger partial charge on any atom is -0.423 e. The summed E-state index contributed by atoms with van der Waals surface area (Å²) in [5.74, 6) is 1.45. The van der Waals surface area contributed by atoms with E-state index in [9.17, 15) is 40.2 Å². The highest BCUT2D eigenvalue weighted by atomic mass is 16.4. The van der Waals surface area contributed by atoms with Crippen LogP contribution in [-0.4, -0.2) is 127 Å². The van der Waals surface area contributed by atoms with E-state index in [0.29, 0.717) is 27.7 Å². The van der Waals surface area contributed by atoms with Gasteiger partial charge in [-0.1, -0.05) is 279 Å². The van der Waals surface area contributed by atoms with Gasteiger partial charge in [0.1, 0.15) is 5.82 Å². The van der Waals surface area contributed by atoms with Crippen LogP contribution in [0.15, 0.2) is 462 Å². The normalized spacial score (nSPS) is 11.2. The van der Waals surface area contributed by atoms with E-state index in [1.165, 1.54) is 0 Å². The molecule has 20 nitrogen and oxygen atoms in total. The number of fused-ring (bicyclic) bond motifs is 12. The Morgan fingerprint density at radius 1 is 0.169 bits per heavy atom. The van der Waals surface area contributed by atoms with Crippen molar-refractivity contribution in [3.05, 3.63) is 462 Å². The van der Waals surface area contributed by atoms with E-state index in [1.54, 1.807) is 49.1 Å². The molecule has 11 heterocycles. The highest BCUT2D eigenvalue weighted by Gasteiger charge is 2.28. The van der Waals surface area contributed by atoms with Crippen LogP contribution in [0.25, 0.3) is 212 Å². The molecule has 0 atom stereocenters. The van der Waals surface area contributed by atoms with Crippen molar-refractivity contribution in [2.75, 3.05) is 0 Å². The third-order valence-electron chi connectivity index (χ3n) is 25.5. The molecule has 0 aliphatic heterocycles. The lowest BCUT2D eigenvalue weighted by atomic mass is 9.77. The molecule has 0 amide bonds. The standard InChI is InChI=1S/C34H24BN3O2.C29H21BN2O2.C28H20BN3O2.C27H19BN4O2/c39-35(40)28-15-9-17-32-33(28)27-14-7-8-16-31(27)38(32)26-20-18-24(19-21-26)30-22-29(23-10-3-1-4-11-23)36-34(37-30)25-12-5-2-6-13-25;33-30(34)24-15-9-17-27-29(24)23-14-7-8-16-26(23)32(27)28-19-22(20-10-3-1-4-11-20)18-25(31-28)21-12-5-2-6-13-21;33-29(34)23-9-7-13-27-28(23)22-8-1-2-12-26(22)32(27)21-17-19(24-10-3-5-14-30-24)16-20(18-21)25-11-4-6-15-31-25;33-28(34)20-9-7-13-26-27(20)19-8-1-2-12-25(19)32(26)18-16-23(21-10-3-5-14-29-21)31-24(17-18)22-11-4-6-15-30-22/h1-22,39-40H;1-19,33-34H;1-18,33-34H;1-17,33-34H. The van der Waals surface area contributed by atoms with Crippen LogP contribution >= 0.6 is 0 Å². The molecule has 25 rings (SSSR count). The first-order valence-corrected chi connectivity index (χ1v) is 46.4. The number of hydrogen-bond donors (Lipinski definition) is 8. The lowest BCUT2D eigenvalue weighted by Gasteiger charge is -2.13. The van der Waals surface area contributed by atoms with Crippen molar-refractivity contribution in [3.8, 4) is 124 Å². The fraction of sp³-hybridized carbons (Fsp3) is 0. The van der Waals surface area contributed by atoms with Gasteiger partial charge < -0.3 is 53.9 Å². The molecule has 0 saturated heterocycles. The lowest BCUT2D eigenvalue weighted by molar-refractivity contribution is 0.425. The third kappa shape index (κ3) is 17.5. The SMILES string of the molecule is OB(O)c1cccc2c1c1ccccc1n2-c1cc(-c2ccccc2)cc(-c2ccccc2)n1.OB(O)c1cccc2c1c1ccccc1n2-c1cc(-c2ccccn2)cc(-c2ccccn2)c1.OB(O)c1cccc2c1c1ccccc1n2-c1cc(-c2ccccn2)nc(-c2ccccn2)c1.OB(O)c1cccc2c1c1ccccc1n2-c1ccc(-c2cc(-c3ccccc3)nc(-c3ccccc3)n2)cc1. The minimum absolute atomic E-state index is 0.469. The second kappa shape index (κ2) is 39.4. The van der Waals surface area contributed by atoms with E-state index in [0.717, 1.165) is 206 Å². The first kappa shape index (κ1) is 89.4. The van der Waals surface area contributed by atoms with Crippen molar-refractivity contribution >= 4 is 138 Å². The molecule has 0 radical (unpaired) electrons. The smallest absolute Gasteiger partial charge is 0.423 e. The predicted octanol–water partition coefficient (Wildman–Crippen LogP) is 20.0. The Bertz CT molecular complexity index is 8110. The lowest BCUT2D eigenvalue weighted by Crippen LogP contribution is -2.30. The summed E-state index contributed by atoms with van der Waals surface area (Å²) in [6.45, 7) is 0. The van der Waals surface area contributed by atoms with Crippen molar-refractivity contribution in [2.24, 2.45) is 0 Å². The Balaban J connectivity index is 0.000000109. The molecule has 0 aliphatic rings. The zero-order valence-electron chi connectivity index (χ0n) is 76.1. The number of rotatable bonds is 17. The summed E-state index contributed by atoms with van der Waals surface area (Å²) in [6.07, 6.45) is 7.08. The average Bonchev–Trinajstić information content (AvgIpc) is 1.59. The fourth-order valence-electron chi connectivity index (χ4n) is 19.2. The third-order valence-corrected chi connectivity index (χ3v) is 25.5. The fourth-order valence-corrected chi connectivity index (χ4v) is 19.2. The maximum atomic E-state index is 10.1. The Morgan fingerprint density at radius 3 is 0.845 bits per heavy atom. The molecule has 0 spiro atoms. The van der Waals surface area contributed by atoms with Gasteiger partial charge in [-0.25, -0.2) is 19.9 Å². The first-order chi connectivity index (χ1) is 69.8. The summed E-state index contributed by atoms with van der Waals surface area (Å²) >= 11 is 0. The van der Waals surface area contributed by atoms with Crippen LogP contribution in [0.2, 0.25) is 0 Å². The molecule has 25 aromatic rings. The topological polar surface area (TPSA) is 285 Å². The van der Waals surface area contributed by atoms with Crippen molar-refractivity contribution in [3.63, 3.8) is 0 Å². The second-order valence-corrected chi connectivity index (χ2v) is 34.2. The summed E-state index contributed by atoms with van der Waals surface area (Å²) < 4.78 is 8.55. The monoisotopic (exact) mass is 1840 g/mol. The number of para-hydroxylation sites is 4. The zero-order chi connectivity index (χ0) is 96.3. The van der Waals surface area contributed by atoms with Crippen molar-refractivity contribution < 1.29 is 40.2 Å². The summed E-state index contributed by atoms with van der Waals surface area (Å²) in [6, 6.07) is 143. The summed E-state index contributed by atoms with van der Waals surface area (Å²) in [5, 5.41) is 87.7. The Hall–Kier alpha value is -17.8. The number of hydrogen-bond acceptors (Lipinski definition) is 16. The molecular weight excluding hydrogens is 1760 g/mol. The van der Waals surface area contributed by atoms with Gasteiger partial charge in [-0.15, -0.1) is 0 Å². The molecule has 0 unspecified atom stereocenters. The first-order valence-electron chi connectivity index (χ1n) is 46.4. The zero-order valence-corrected chi connectivity index (χ0v) is 76.1. The largest absolute Gasteiger partial charge is 0.489 e. The molecule has 676 valence electrons. The second-order valence-electron chi connectivity index (χ2n) is 34.2. The average molecular weight is 1840 g/mol. The van der Waals surface area contributed by atoms with Gasteiger partial charge in [0.05, 0.1) is 101 Å². The van der Waals surface area contributed by atoms with Gasteiger partial charge in [-0.05, 0) is 191 Å². The van der Waals surface area contributed by atoms with E-state index >= 15 is 0 Å². The van der Waals surface area contributed by atoms with Gasteiger partial charge in [0, 0.05) is 113 Å². The highest BCUT2D eigenvalue weighted by Crippen LogP contribution is 2.41. The van der Waals surface area contributed by atoms with E-state index in [1.807, 2.05) is 309 Å². The Kier molecular flexibility index (Phi) is 24.8. The van der Waals surface area contributed by atoms with Gasteiger partial charge in [0.15, 0.2) is 5.82 Å². The summed E-state index contributed by atoms with van der Waals surface area (Å²) in [4.78, 5) is 38.0. The molecule has 0 aliphatic carbocycles. The maximum Gasteiger partial charge on any atom is 0.489 e. The molecule has 0 bridgehead atoms. The van der Waals surface area contributed by atoms with Gasteiger partial charge in [0.2, 0.25) is 0 Å². The van der Waals surface area contributed by atoms with Crippen LogP contribution in [0.5, 0.6) is 0 Å². The van der Waals surface area contributed by atoms with Crippen LogP contribution < -0.4 is 21.9 Å². The van der Waals surface area contributed by atoms with E-state index in [2.05, 4.69) is 141 Å². The molecule has 0 fully saturated rings. The number of benzene rings is 14. The molecule has 14 aromatic carbocycles. The van der Waals surface area contributed by atoms with E-state index in [4.69, 9.17) is 19.9 Å². The quantitative estimate of drug-likeness (QED) is 0.0393. The Morgan fingerprint density at radius 2 is 0.472 bits per heavy atom. The van der Waals surface area contributed by atoms with Crippen LogP contribution in [0, 0.1) is 0 Å². The van der Waals surface area contributed by atoms with Crippen molar-refractivity contribution in [1.29, 1.82) is 0 Å². The van der Waals surface area contributed by atoms with E-state index < -0.39 is 28.5 Å². The van der Waals surface area contributed by atoms with Crippen LogP contribution in [0.4, 0.5) is 0 Å². The van der Waals surface area contributed by atoms with Crippen molar-refractivity contribution in [2.45, 2.75) is 0 Å². The summed E-state index contributed by atoms with van der Waals surface area (Å²) in [7, 11) is -6.26. The molecule has 142 heavy (non-hydrogen) atoms. The molecule has 24 heteroatoms. The predicted molar refractivity (Wildman–Crippen MR) is 574 cm³/mol. The molecule has 8 N–H and O–H groups in total. The van der Waals surface area contributed by atoms with Gasteiger partial charge in [0.25, 0.3) is 0 Å². The number of nitrogens with zero attached hydrogens (tertiary/aromatic N) is 12. The van der Waals surface area contributed by atoms with Crippen LogP contribution in [0.3, 0.4) is 0 Å². The van der Waals surface area contributed by atoms with E-state index in [-0.39, 0.29) is 0 Å². The van der Waals surface area contributed by atoms with Crippen molar-refractivity contribution in [1.82, 2.24) is 58.1 Å². The Labute approximate surface area is 816 Å². The number of pyridine rings is 6. The summed E-state index contributed by atoms with van der Waals surface area (Å²) in [5.41, 5.74) is 27.6.